The molecule has 3 heterocycles. The number of alkyl halides is 3. The van der Waals surface area contributed by atoms with Gasteiger partial charge >= 0.3 is 6.18 Å². The molecular formula is C29H36F3N7O2. The second-order valence-corrected chi connectivity index (χ2v) is 11.7. The van der Waals surface area contributed by atoms with E-state index >= 15 is 0 Å². The summed E-state index contributed by atoms with van der Waals surface area (Å²) in [5.74, 6) is -0.537. The smallest absolute Gasteiger partial charge is 0.369 e. The highest BCUT2D eigenvalue weighted by Crippen LogP contribution is 2.45. The molecule has 2 aliphatic heterocycles. The number of fused-ring (bicyclic) bond motifs is 2. The van der Waals surface area contributed by atoms with Crippen molar-refractivity contribution in [3.05, 3.63) is 35.5 Å². The number of carbonyl (C=O) groups excluding carboxylic acids is 2. The molecule has 1 aromatic carbocycles. The van der Waals surface area contributed by atoms with E-state index in [4.69, 9.17) is 0 Å². The fourth-order valence-electron chi connectivity index (χ4n) is 6.18. The average Bonchev–Trinajstić information content (AvgIpc) is 3.74. The maximum Gasteiger partial charge on any atom is 0.421 e. The number of Topliss-reactive ketones (excluding diaryl/α,β-unsaturated/α-hetero) is 1. The lowest BCUT2D eigenvalue weighted by Gasteiger charge is -2.34. The molecule has 4 aliphatic rings. The van der Waals surface area contributed by atoms with Gasteiger partial charge in [0.15, 0.2) is 0 Å². The summed E-state index contributed by atoms with van der Waals surface area (Å²) >= 11 is 0. The first-order chi connectivity index (χ1) is 19.7. The number of ketones is 1. The predicted molar refractivity (Wildman–Crippen MR) is 149 cm³/mol. The third-order valence-corrected chi connectivity index (χ3v) is 8.76. The highest BCUT2D eigenvalue weighted by molar-refractivity contribution is 6.06. The van der Waals surface area contributed by atoms with Crippen molar-refractivity contribution in [1.29, 1.82) is 0 Å². The molecule has 41 heavy (non-hydrogen) atoms. The highest BCUT2D eigenvalue weighted by atomic mass is 19.4. The molecule has 1 amide bonds. The third-order valence-electron chi connectivity index (χ3n) is 8.76. The van der Waals surface area contributed by atoms with E-state index in [9.17, 15) is 22.8 Å². The van der Waals surface area contributed by atoms with E-state index in [2.05, 4.69) is 43.5 Å². The summed E-state index contributed by atoms with van der Waals surface area (Å²) in [6.07, 6.45) is 0.119. The van der Waals surface area contributed by atoms with Crippen LogP contribution in [0.2, 0.25) is 0 Å². The number of nitrogens with zero attached hydrogens (tertiary/aromatic N) is 5. The van der Waals surface area contributed by atoms with Crippen LogP contribution in [0, 0.1) is 11.8 Å². The van der Waals surface area contributed by atoms with Crippen LogP contribution in [0.5, 0.6) is 0 Å². The third kappa shape index (κ3) is 5.98. The molecule has 0 spiro atoms. The fourth-order valence-corrected chi connectivity index (χ4v) is 6.18. The number of piperidine rings is 1. The van der Waals surface area contributed by atoms with E-state index in [0.29, 0.717) is 31.8 Å². The molecule has 2 atom stereocenters. The van der Waals surface area contributed by atoms with Crippen LogP contribution in [0.4, 0.5) is 36.3 Å². The molecule has 220 valence electrons. The number of nitrogens with one attached hydrogen (secondary N) is 2. The summed E-state index contributed by atoms with van der Waals surface area (Å²) in [5.41, 5.74) is 2.17. The Labute approximate surface area is 237 Å². The van der Waals surface area contributed by atoms with Crippen molar-refractivity contribution in [2.45, 2.75) is 44.2 Å². The molecule has 0 radical (unpaired) electrons. The Morgan fingerprint density at radius 3 is 2.51 bits per heavy atom. The lowest BCUT2D eigenvalue weighted by atomic mass is 9.96. The molecule has 9 nitrogen and oxygen atoms in total. The number of amides is 1. The summed E-state index contributed by atoms with van der Waals surface area (Å²) in [7, 11) is 2.12. The highest BCUT2D eigenvalue weighted by Gasteiger charge is 2.46. The predicted octanol–water partition coefficient (Wildman–Crippen LogP) is 4.11. The van der Waals surface area contributed by atoms with Crippen molar-refractivity contribution in [1.82, 2.24) is 19.8 Å². The molecule has 2 N–H and O–H groups in total. The van der Waals surface area contributed by atoms with Crippen LogP contribution in [0.3, 0.4) is 0 Å². The minimum atomic E-state index is -4.62. The molecule has 2 saturated carbocycles. The molecular weight excluding hydrogens is 535 g/mol. The maximum absolute atomic E-state index is 13.8. The van der Waals surface area contributed by atoms with E-state index < -0.39 is 17.7 Å². The van der Waals surface area contributed by atoms with Crippen molar-refractivity contribution >= 4 is 34.8 Å². The number of rotatable bonds is 9. The molecule has 1 aromatic heterocycles. The number of aromatic nitrogens is 2. The Morgan fingerprint density at radius 1 is 1.02 bits per heavy atom. The first-order valence-electron chi connectivity index (χ1n) is 14.5. The van der Waals surface area contributed by atoms with Crippen molar-refractivity contribution in [2.24, 2.45) is 11.8 Å². The van der Waals surface area contributed by atoms with Crippen LogP contribution in [0.25, 0.3) is 0 Å². The van der Waals surface area contributed by atoms with Gasteiger partial charge in [0.1, 0.15) is 17.2 Å². The number of hydrogen-bond acceptors (Lipinski definition) is 8. The van der Waals surface area contributed by atoms with Gasteiger partial charge in [-0.25, -0.2) is 4.98 Å². The van der Waals surface area contributed by atoms with Gasteiger partial charge in [0.05, 0.1) is 5.92 Å². The van der Waals surface area contributed by atoms with Gasteiger partial charge in [-0.1, -0.05) is 0 Å². The number of hydrogen-bond donors (Lipinski definition) is 2. The summed E-state index contributed by atoms with van der Waals surface area (Å²) in [5, 5.41) is 6.00. The number of halogens is 3. The van der Waals surface area contributed by atoms with Gasteiger partial charge in [0.2, 0.25) is 11.9 Å². The molecule has 2 saturated heterocycles. The maximum atomic E-state index is 13.8. The van der Waals surface area contributed by atoms with Crippen LogP contribution in [0.15, 0.2) is 24.4 Å². The lowest BCUT2D eigenvalue weighted by molar-refractivity contribution is -0.145. The molecule has 12 heteroatoms. The summed E-state index contributed by atoms with van der Waals surface area (Å²) in [6, 6.07) is 6.21. The number of anilines is 4. The zero-order chi connectivity index (χ0) is 28.7. The summed E-state index contributed by atoms with van der Waals surface area (Å²) in [6.45, 7) is 4.89. The largest absolute Gasteiger partial charge is 0.421 e. The zero-order valence-electron chi connectivity index (χ0n) is 23.2. The average molecular weight is 572 g/mol. The number of likely N-dealkylation sites (N-methyl/N-ethyl adjacent to an activating group) is 1. The van der Waals surface area contributed by atoms with E-state index in [1.807, 2.05) is 12.1 Å². The zero-order valence-corrected chi connectivity index (χ0v) is 23.2. The standard InChI is InChI=1S/C29H36F3N7O2/c1-37-11-13-38(14-12-37)20-6-8-24(22(15-20)18-3-4-18)35-28-34-16-23(29(30,31)32)26(36-28)33-9-2-10-39-17-19-5-7-21(25(19)40)27(39)41/h6,8,15-16,18-19,21H,2-5,7,9-14,17H2,1H3,(H2,33,34,35,36). The van der Waals surface area contributed by atoms with Crippen molar-refractivity contribution < 1.29 is 22.8 Å². The lowest BCUT2D eigenvalue weighted by Crippen LogP contribution is -2.47. The quantitative estimate of drug-likeness (QED) is 0.343. The van der Waals surface area contributed by atoms with Crippen LogP contribution >= 0.6 is 0 Å². The number of likely N-dealkylation sites (tertiary alicyclic amines) is 1. The fraction of sp³-hybridized carbons (Fsp3) is 0.586. The van der Waals surface area contributed by atoms with Gasteiger partial charge in [-0.05, 0) is 68.8 Å². The summed E-state index contributed by atoms with van der Waals surface area (Å²) < 4.78 is 41.3. The monoisotopic (exact) mass is 571 g/mol. The molecule has 2 aromatic rings. The number of benzene rings is 1. The molecule has 4 fully saturated rings. The minimum Gasteiger partial charge on any atom is -0.369 e. The van der Waals surface area contributed by atoms with Crippen molar-refractivity contribution in [2.75, 3.05) is 68.4 Å². The van der Waals surface area contributed by atoms with Gasteiger partial charge in [-0.2, -0.15) is 18.2 Å². The Bertz CT molecular complexity index is 1310. The van der Waals surface area contributed by atoms with Gasteiger partial charge in [0.25, 0.3) is 0 Å². The Morgan fingerprint density at radius 2 is 1.78 bits per heavy atom. The van der Waals surface area contributed by atoms with Crippen LogP contribution in [-0.4, -0.2) is 84.3 Å². The van der Waals surface area contributed by atoms with Crippen LogP contribution in [-0.2, 0) is 15.8 Å². The first kappa shape index (κ1) is 27.7. The Kier molecular flexibility index (Phi) is 7.52. The van der Waals surface area contributed by atoms with Crippen LogP contribution < -0.4 is 15.5 Å². The van der Waals surface area contributed by atoms with Gasteiger partial charge in [-0.15, -0.1) is 0 Å². The van der Waals surface area contributed by atoms with Crippen LogP contribution in [0.1, 0.15) is 49.1 Å². The van der Waals surface area contributed by atoms with E-state index in [-0.39, 0.29) is 35.9 Å². The van der Waals surface area contributed by atoms with Crippen molar-refractivity contribution in [3.63, 3.8) is 0 Å². The summed E-state index contributed by atoms with van der Waals surface area (Å²) in [4.78, 5) is 39.3. The Hall–Kier alpha value is -3.41. The topological polar surface area (TPSA) is 93.7 Å². The SMILES string of the molecule is CN1CCN(c2ccc(Nc3ncc(C(F)(F)F)c(NCCCN4CC5CCC(C5=O)C4=O)n3)c(C3CC3)c2)CC1. The second-order valence-electron chi connectivity index (χ2n) is 11.7. The normalized spacial score (nSPS) is 23.3. The van der Waals surface area contributed by atoms with Gasteiger partial charge in [0, 0.05) is 69.3 Å². The van der Waals surface area contributed by atoms with Crippen molar-refractivity contribution in [3.8, 4) is 0 Å². The van der Waals surface area contributed by atoms with E-state index in [1.165, 1.54) is 0 Å². The van der Waals surface area contributed by atoms with Gasteiger partial charge < -0.3 is 25.3 Å². The molecule has 2 bridgehead atoms. The van der Waals surface area contributed by atoms with E-state index in [1.54, 1.807) is 4.90 Å². The molecule has 6 rings (SSSR count). The first-order valence-corrected chi connectivity index (χ1v) is 14.5. The number of piperazine rings is 1. The molecule has 2 unspecified atom stereocenters. The molecule has 2 aliphatic carbocycles. The van der Waals surface area contributed by atoms with E-state index in [0.717, 1.165) is 68.6 Å². The minimum absolute atomic E-state index is 0.0408. The van der Waals surface area contributed by atoms with Gasteiger partial charge in [-0.3, -0.25) is 9.59 Å². The second kappa shape index (κ2) is 11.1. The Balaban J connectivity index is 1.13. The number of carbonyl (C=O) groups is 2.